The molecule has 0 atom stereocenters. The molecule has 0 saturated heterocycles. The Kier molecular flexibility index (Phi) is 4.69. The van der Waals surface area contributed by atoms with Gasteiger partial charge in [0.2, 0.25) is 0 Å². The maximum absolute atomic E-state index is 12.5. The zero-order valence-corrected chi connectivity index (χ0v) is 14.0. The Morgan fingerprint density at radius 3 is 2.54 bits per heavy atom. The van der Waals surface area contributed by atoms with Crippen molar-refractivity contribution in [3.63, 3.8) is 0 Å². The average molecular weight is 358 g/mol. The van der Waals surface area contributed by atoms with Crippen LogP contribution in [0.3, 0.4) is 0 Å². The molecule has 0 aliphatic carbocycles. The predicted octanol–water partition coefficient (Wildman–Crippen LogP) is 4.89. The largest absolute Gasteiger partial charge is 0.399 e. The van der Waals surface area contributed by atoms with Gasteiger partial charge >= 0.3 is 0 Å². The first kappa shape index (κ1) is 16.3. The second-order valence-corrected chi connectivity index (χ2v) is 6.00. The lowest BCUT2D eigenvalue weighted by Gasteiger charge is -2.08. The minimum absolute atomic E-state index is 0.251. The molecule has 3 rings (SSSR count). The van der Waals surface area contributed by atoms with Crippen molar-refractivity contribution in [3.8, 4) is 11.1 Å². The second-order valence-electron chi connectivity index (χ2n) is 5.18. The van der Waals surface area contributed by atoms with Gasteiger partial charge in [0.15, 0.2) is 0 Å². The smallest absolute Gasteiger partial charge is 0.255 e. The van der Waals surface area contributed by atoms with Crippen LogP contribution in [0.5, 0.6) is 0 Å². The molecule has 3 aromatic rings. The van der Waals surface area contributed by atoms with Crippen molar-refractivity contribution in [2.24, 2.45) is 0 Å². The normalized spacial score (nSPS) is 10.4. The van der Waals surface area contributed by atoms with Crippen molar-refractivity contribution in [2.45, 2.75) is 0 Å². The Bertz CT molecular complexity index is 892. The Balaban J connectivity index is 1.87. The van der Waals surface area contributed by atoms with Gasteiger partial charge in [-0.2, -0.15) is 0 Å². The van der Waals surface area contributed by atoms with Gasteiger partial charge in [0.05, 0.1) is 0 Å². The highest BCUT2D eigenvalue weighted by atomic mass is 35.5. The summed E-state index contributed by atoms with van der Waals surface area (Å²) in [7, 11) is 0. The van der Waals surface area contributed by atoms with Gasteiger partial charge in [-0.3, -0.25) is 4.79 Å². The third-order valence-corrected chi connectivity index (χ3v) is 3.79. The van der Waals surface area contributed by atoms with Gasteiger partial charge in [-0.15, -0.1) is 0 Å². The fraction of sp³-hybridized carbons (Fsp3) is 0. The number of hydrogen-bond donors (Lipinski definition) is 2. The minimum Gasteiger partial charge on any atom is -0.399 e. The standard InChI is InChI=1S/C18H13Cl2N3O/c19-14-8-15(21)10-16(9-14)23-18(24)13-3-1-2-11(6-13)12-4-5-22-17(20)7-12/h1-10H,21H2,(H,23,24). The van der Waals surface area contributed by atoms with E-state index in [0.29, 0.717) is 27.1 Å². The summed E-state index contributed by atoms with van der Waals surface area (Å²) < 4.78 is 0. The topological polar surface area (TPSA) is 68.0 Å². The first-order chi connectivity index (χ1) is 11.5. The highest BCUT2D eigenvalue weighted by Crippen LogP contribution is 2.24. The van der Waals surface area contributed by atoms with Gasteiger partial charge in [0, 0.05) is 28.2 Å². The zero-order chi connectivity index (χ0) is 17.1. The van der Waals surface area contributed by atoms with Crippen LogP contribution in [0.1, 0.15) is 10.4 Å². The van der Waals surface area contributed by atoms with E-state index in [1.165, 1.54) is 0 Å². The predicted molar refractivity (Wildman–Crippen MR) is 98.5 cm³/mol. The molecule has 0 aliphatic heterocycles. The number of pyridine rings is 1. The van der Waals surface area contributed by atoms with Gasteiger partial charge in [0.25, 0.3) is 5.91 Å². The van der Waals surface area contributed by atoms with E-state index in [-0.39, 0.29) is 5.91 Å². The van der Waals surface area contributed by atoms with Crippen molar-refractivity contribution < 1.29 is 4.79 Å². The number of rotatable bonds is 3. The number of nitrogen functional groups attached to an aromatic ring is 1. The molecule has 4 nitrogen and oxygen atoms in total. The van der Waals surface area contributed by atoms with Crippen LogP contribution in [0.25, 0.3) is 11.1 Å². The van der Waals surface area contributed by atoms with Gasteiger partial charge < -0.3 is 11.1 Å². The molecule has 0 fully saturated rings. The van der Waals surface area contributed by atoms with Crippen LogP contribution in [0.15, 0.2) is 60.8 Å². The Hall–Kier alpha value is -2.56. The summed E-state index contributed by atoms with van der Waals surface area (Å²) in [5.74, 6) is -0.251. The zero-order valence-electron chi connectivity index (χ0n) is 12.5. The summed E-state index contributed by atoms with van der Waals surface area (Å²) in [6.45, 7) is 0. The molecule has 24 heavy (non-hydrogen) atoms. The number of anilines is 2. The SMILES string of the molecule is Nc1cc(Cl)cc(NC(=O)c2cccc(-c3ccnc(Cl)c3)c2)c1. The molecule has 0 aliphatic rings. The maximum Gasteiger partial charge on any atom is 0.255 e. The quantitative estimate of drug-likeness (QED) is 0.517. The first-order valence-corrected chi connectivity index (χ1v) is 7.86. The molecule has 1 heterocycles. The average Bonchev–Trinajstić information content (AvgIpc) is 2.54. The lowest BCUT2D eigenvalue weighted by molar-refractivity contribution is 0.102. The molecule has 0 spiro atoms. The molecular weight excluding hydrogens is 345 g/mol. The van der Waals surface area contributed by atoms with Crippen molar-refractivity contribution in [1.82, 2.24) is 4.98 Å². The first-order valence-electron chi connectivity index (χ1n) is 7.11. The Morgan fingerprint density at radius 2 is 1.79 bits per heavy atom. The molecule has 0 radical (unpaired) electrons. The molecular formula is C18H13Cl2N3O. The second kappa shape index (κ2) is 6.91. The van der Waals surface area contributed by atoms with E-state index in [0.717, 1.165) is 11.1 Å². The van der Waals surface area contributed by atoms with E-state index < -0.39 is 0 Å². The highest BCUT2D eigenvalue weighted by molar-refractivity contribution is 6.31. The lowest BCUT2D eigenvalue weighted by Crippen LogP contribution is -2.12. The minimum atomic E-state index is -0.251. The summed E-state index contributed by atoms with van der Waals surface area (Å²) >= 11 is 11.9. The van der Waals surface area contributed by atoms with Crippen LogP contribution in [0.4, 0.5) is 11.4 Å². The van der Waals surface area contributed by atoms with Crippen LogP contribution in [-0.4, -0.2) is 10.9 Å². The number of carbonyl (C=O) groups is 1. The molecule has 6 heteroatoms. The van der Waals surface area contributed by atoms with E-state index in [4.69, 9.17) is 28.9 Å². The van der Waals surface area contributed by atoms with Gasteiger partial charge in [0.1, 0.15) is 5.15 Å². The van der Waals surface area contributed by atoms with Gasteiger partial charge in [-0.05, 0) is 53.6 Å². The monoisotopic (exact) mass is 357 g/mol. The van der Waals surface area contributed by atoms with Gasteiger partial charge in [-0.25, -0.2) is 4.98 Å². The van der Waals surface area contributed by atoms with Crippen molar-refractivity contribution in [3.05, 3.63) is 76.5 Å². The summed E-state index contributed by atoms with van der Waals surface area (Å²) in [6.07, 6.45) is 1.62. The number of benzene rings is 2. The number of carbonyl (C=O) groups excluding carboxylic acids is 1. The van der Waals surface area contributed by atoms with Crippen LogP contribution in [0, 0.1) is 0 Å². The molecule has 1 amide bonds. The van der Waals surface area contributed by atoms with Crippen molar-refractivity contribution in [2.75, 3.05) is 11.1 Å². The fourth-order valence-corrected chi connectivity index (χ4v) is 2.73. The van der Waals surface area contributed by atoms with Gasteiger partial charge in [-0.1, -0.05) is 35.3 Å². The summed E-state index contributed by atoms with van der Waals surface area (Å²) in [5.41, 5.74) is 9.03. The van der Waals surface area contributed by atoms with E-state index in [1.807, 2.05) is 18.2 Å². The summed E-state index contributed by atoms with van der Waals surface area (Å²) in [5, 5.41) is 3.65. The summed E-state index contributed by atoms with van der Waals surface area (Å²) in [6, 6.07) is 15.7. The van der Waals surface area contributed by atoms with Crippen LogP contribution < -0.4 is 11.1 Å². The molecule has 120 valence electrons. The number of nitrogens with two attached hydrogens (primary N) is 1. The number of hydrogen-bond acceptors (Lipinski definition) is 3. The number of amides is 1. The van der Waals surface area contributed by atoms with Crippen LogP contribution in [0.2, 0.25) is 10.2 Å². The number of nitrogens with one attached hydrogen (secondary N) is 1. The molecule has 0 unspecified atom stereocenters. The van der Waals surface area contributed by atoms with E-state index in [1.54, 1.807) is 42.6 Å². The van der Waals surface area contributed by atoms with E-state index >= 15 is 0 Å². The maximum atomic E-state index is 12.5. The Labute approximate surface area is 149 Å². The number of halogens is 2. The lowest BCUT2D eigenvalue weighted by atomic mass is 10.0. The van der Waals surface area contributed by atoms with E-state index in [2.05, 4.69) is 10.3 Å². The molecule has 0 bridgehead atoms. The van der Waals surface area contributed by atoms with Crippen molar-refractivity contribution in [1.29, 1.82) is 0 Å². The fourth-order valence-electron chi connectivity index (χ4n) is 2.31. The highest BCUT2D eigenvalue weighted by Gasteiger charge is 2.09. The third kappa shape index (κ3) is 3.85. The van der Waals surface area contributed by atoms with E-state index in [9.17, 15) is 4.79 Å². The third-order valence-electron chi connectivity index (χ3n) is 3.36. The van der Waals surface area contributed by atoms with Crippen molar-refractivity contribution >= 4 is 40.5 Å². The Morgan fingerprint density at radius 1 is 1.00 bits per heavy atom. The molecule has 2 aromatic carbocycles. The van der Waals surface area contributed by atoms with Crippen LogP contribution >= 0.6 is 23.2 Å². The molecule has 1 aromatic heterocycles. The summed E-state index contributed by atoms with van der Waals surface area (Å²) in [4.78, 5) is 16.4. The molecule has 0 saturated carbocycles. The van der Waals surface area contributed by atoms with Crippen LogP contribution in [-0.2, 0) is 0 Å². The number of aromatic nitrogens is 1. The molecule has 3 N–H and O–H groups in total. The number of nitrogens with zero attached hydrogens (tertiary/aromatic N) is 1.